The Labute approximate surface area is 232 Å². The highest BCUT2D eigenvalue weighted by atomic mass is 16.5. The Morgan fingerprint density at radius 2 is 1.93 bits per heavy atom. The van der Waals surface area contributed by atoms with Gasteiger partial charge in [-0.3, -0.25) is 9.69 Å². The van der Waals surface area contributed by atoms with Gasteiger partial charge in [0.25, 0.3) is 5.56 Å². The molecule has 10 nitrogen and oxygen atoms in total. The van der Waals surface area contributed by atoms with Crippen molar-refractivity contribution in [1.29, 1.82) is 0 Å². The van der Waals surface area contributed by atoms with Crippen molar-refractivity contribution in [3.8, 4) is 11.5 Å². The molecule has 3 heterocycles. The maximum absolute atomic E-state index is 13.3. The molecule has 0 amide bonds. The first kappa shape index (κ1) is 27.1. The van der Waals surface area contributed by atoms with Gasteiger partial charge in [0.1, 0.15) is 12.3 Å². The Kier molecular flexibility index (Phi) is 8.26. The molecule has 0 fully saturated rings. The average molecular weight is 543 g/mol. The molecule has 3 aromatic heterocycles. The number of benzene rings is 2. The number of H-pyrrole nitrogens is 1. The zero-order chi connectivity index (χ0) is 28.1. The van der Waals surface area contributed by atoms with Gasteiger partial charge in [-0.1, -0.05) is 31.2 Å². The third-order valence-corrected chi connectivity index (χ3v) is 7.24. The van der Waals surface area contributed by atoms with Crippen molar-refractivity contribution in [2.75, 3.05) is 20.8 Å². The molecule has 40 heavy (non-hydrogen) atoms. The van der Waals surface area contributed by atoms with E-state index in [0.717, 1.165) is 46.5 Å². The molecular weight excluding hydrogens is 508 g/mol. The predicted octanol–water partition coefficient (Wildman–Crippen LogP) is 4.68. The molecule has 1 N–H and O–H groups in total. The first-order chi connectivity index (χ1) is 19.5. The monoisotopic (exact) mass is 542 g/mol. The lowest BCUT2D eigenvalue weighted by Gasteiger charge is -2.30. The van der Waals surface area contributed by atoms with Crippen LogP contribution in [0.1, 0.15) is 47.7 Å². The Hall–Kier alpha value is -4.44. The quantitative estimate of drug-likeness (QED) is 0.242. The standard InChI is InChI=1S/C30H34N6O4/c1-5-25(29-32-33-34-36(29)19-24-10-7-15-40-24)35(14-13-21-11-12-26(38-3)27(16-21)39-4)18-23-17-22-9-6-8-20(2)28(22)31-30(23)37/h6-12,15-17,25H,5,13-14,18-19H2,1-4H3,(H,31,37)/t25-/m1/s1. The van der Waals surface area contributed by atoms with Gasteiger partial charge in [-0.25, -0.2) is 4.68 Å². The number of pyridine rings is 1. The van der Waals surface area contributed by atoms with Gasteiger partial charge in [0.2, 0.25) is 0 Å². The summed E-state index contributed by atoms with van der Waals surface area (Å²) in [7, 11) is 3.26. The summed E-state index contributed by atoms with van der Waals surface area (Å²) in [4.78, 5) is 18.6. The highest BCUT2D eigenvalue weighted by Gasteiger charge is 2.26. The fourth-order valence-corrected chi connectivity index (χ4v) is 5.14. The Bertz CT molecular complexity index is 1630. The van der Waals surface area contributed by atoms with E-state index in [9.17, 15) is 4.79 Å². The molecule has 0 radical (unpaired) electrons. The lowest BCUT2D eigenvalue weighted by molar-refractivity contribution is 0.171. The summed E-state index contributed by atoms with van der Waals surface area (Å²) in [6.07, 6.45) is 3.11. The minimum Gasteiger partial charge on any atom is -0.493 e. The second kappa shape index (κ2) is 12.2. The molecule has 0 aliphatic heterocycles. The van der Waals surface area contributed by atoms with Crippen LogP contribution >= 0.6 is 0 Å². The number of rotatable bonds is 12. The highest BCUT2D eigenvalue weighted by Crippen LogP contribution is 2.29. The molecule has 0 unspecified atom stereocenters. The van der Waals surface area contributed by atoms with Gasteiger partial charge in [-0.2, -0.15) is 0 Å². The lowest BCUT2D eigenvalue weighted by atomic mass is 10.1. The topological polar surface area (TPSA) is 111 Å². The van der Waals surface area contributed by atoms with Crippen LogP contribution in [-0.4, -0.2) is 50.9 Å². The van der Waals surface area contributed by atoms with Crippen molar-refractivity contribution in [3.05, 3.63) is 99.5 Å². The van der Waals surface area contributed by atoms with E-state index in [2.05, 4.69) is 32.3 Å². The van der Waals surface area contributed by atoms with Gasteiger partial charge in [0, 0.05) is 18.7 Å². The third-order valence-electron chi connectivity index (χ3n) is 7.24. The van der Waals surface area contributed by atoms with E-state index in [4.69, 9.17) is 13.9 Å². The molecule has 0 saturated carbocycles. The number of nitrogens with zero attached hydrogens (tertiary/aromatic N) is 5. The SMILES string of the molecule is CC[C@H](c1nnnn1Cc1ccco1)N(CCc1ccc(OC)c(OC)c1)Cc1cc2cccc(C)c2[nH]c1=O. The molecule has 0 saturated heterocycles. The number of hydrogen-bond acceptors (Lipinski definition) is 8. The van der Waals surface area contributed by atoms with Crippen LogP contribution in [0.5, 0.6) is 11.5 Å². The molecule has 2 aromatic carbocycles. The molecule has 208 valence electrons. The highest BCUT2D eigenvalue weighted by molar-refractivity contribution is 5.81. The second-order valence-corrected chi connectivity index (χ2v) is 9.77. The minimum atomic E-state index is -0.141. The number of hydrogen-bond donors (Lipinski definition) is 1. The van der Waals surface area contributed by atoms with Crippen molar-refractivity contribution in [3.63, 3.8) is 0 Å². The summed E-state index contributed by atoms with van der Waals surface area (Å²) < 4.78 is 18.2. The molecule has 0 aliphatic carbocycles. The van der Waals surface area contributed by atoms with Gasteiger partial charge >= 0.3 is 0 Å². The normalized spacial score (nSPS) is 12.2. The molecular formula is C30H34N6O4. The van der Waals surface area contributed by atoms with Gasteiger partial charge in [-0.15, -0.1) is 5.10 Å². The summed E-state index contributed by atoms with van der Waals surface area (Å²) in [6, 6.07) is 17.6. The molecule has 1 atom stereocenters. The van der Waals surface area contributed by atoms with E-state index in [-0.39, 0.29) is 11.6 Å². The summed E-state index contributed by atoms with van der Waals surface area (Å²) in [5.74, 6) is 2.85. The van der Waals surface area contributed by atoms with E-state index in [0.29, 0.717) is 36.7 Å². The van der Waals surface area contributed by atoms with Gasteiger partial charge in [0.05, 0.1) is 32.0 Å². The summed E-state index contributed by atoms with van der Waals surface area (Å²) in [5.41, 5.74) is 3.59. The summed E-state index contributed by atoms with van der Waals surface area (Å²) in [6.45, 7) is 5.62. The first-order valence-corrected chi connectivity index (χ1v) is 13.4. The van der Waals surface area contributed by atoms with E-state index >= 15 is 0 Å². The van der Waals surface area contributed by atoms with E-state index < -0.39 is 0 Å². The second-order valence-electron chi connectivity index (χ2n) is 9.77. The number of tetrazole rings is 1. The number of para-hydroxylation sites is 1. The number of aryl methyl sites for hydroxylation is 1. The van der Waals surface area contributed by atoms with Crippen molar-refractivity contribution in [1.82, 2.24) is 30.1 Å². The van der Waals surface area contributed by atoms with Crippen LogP contribution in [-0.2, 0) is 19.5 Å². The van der Waals surface area contributed by atoms with Gasteiger partial charge in [-0.05, 0) is 77.0 Å². The number of nitrogens with one attached hydrogen (secondary N) is 1. The maximum atomic E-state index is 13.3. The average Bonchev–Trinajstić information content (AvgIpc) is 3.65. The number of aromatic amines is 1. The molecule has 10 heteroatoms. The molecule has 5 aromatic rings. The number of ether oxygens (including phenoxy) is 2. The van der Waals surface area contributed by atoms with Gasteiger partial charge < -0.3 is 18.9 Å². The molecule has 0 spiro atoms. The smallest absolute Gasteiger partial charge is 0.252 e. The number of methoxy groups -OCH3 is 2. The molecule has 0 bridgehead atoms. The van der Waals surface area contributed by atoms with Crippen molar-refractivity contribution in [2.45, 2.75) is 45.8 Å². The van der Waals surface area contributed by atoms with Crippen LogP contribution in [0.4, 0.5) is 0 Å². The van der Waals surface area contributed by atoms with Crippen LogP contribution in [0.25, 0.3) is 10.9 Å². The van der Waals surface area contributed by atoms with Crippen molar-refractivity contribution in [2.24, 2.45) is 0 Å². The summed E-state index contributed by atoms with van der Waals surface area (Å²) >= 11 is 0. The van der Waals surface area contributed by atoms with Crippen LogP contribution in [0.3, 0.4) is 0 Å². The van der Waals surface area contributed by atoms with Crippen LogP contribution < -0.4 is 15.0 Å². The van der Waals surface area contributed by atoms with Crippen LogP contribution in [0.2, 0.25) is 0 Å². The maximum Gasteiger partial charge on any atom is 0.252 e. The van der Waals surface area contributed by atoms with Crippen LogP contribution in [0.15, 0.2) is 70.1 Å². The number of aromatic nitrogens is 5. The predicted molar refractivity (Wildman–Crippen MR) is 152 cm³/mol. The Morgan fingerprint density at radius 1 is 1.07 bits per heavy atom. The zero-order valence-corrected chi connectivity index (χ0v) is 23.3. The van der Waals surface area contributed by atoms with Gasteiger partial charge in [0.15, 0.2) is 17.3 Å². The fourth-order valence-electron chi connectivity index (χ4n) is 5.14. The van der Waals surface area contributed by atoms with E-state index in [1.54, 1.807) is 25.2 Å². The summed E-state index contributed by atoms with van der Waals surface area (Å²) in [5, 5.41) is 13.7. The third kappa shape index (κ3) is 5.76. The molecule has 5 rings (SSSR count). The lowest BCUT2D eigenvalue weighted by Crippen LogP contribution is -2.34. The van der Waals surface area contributed by atoms with Crippen molar-refractivity contribution >= 4 is 10.9 Å². The van der Waals surface area contributed by atoms with E-state index in [1.165, 1.54) is 0 Å². The zero-order valence-electron chi connectivity index (χ0n) is 23.3. The van der Waals surface area contributed by atoms with Crippen LogP contribution in [0, 0.1) is 6.92 Å². The largest absolute Gasteiger partial charge is 0.493 e. The Morgan fingerprint density at radius 3 is 2.67 bits per heavy atom. The number of fused-ring (bicyclic) bond motifs is 1. The Balaban J connectivity index is 1.49. The van der Waals surface area contributed by atoms with Crippen molar-refractivity contribution < 1.29 is 13.9 Å². The number of furan rings is 1. The molecule has 0 aliphatic rings. The first-order valence-electron chi connectivity index (χ1n) is 13.4. The fraction of sp³-hybridized carbons (Fsp3) is 0.333. The minimum absolute atomic E-state index is 0.0945. The van der Waals surface area contributed by atoms with E-state index in [1.807, 2.05) is 61.5 Å².